The van der Waals surface area contributed by atoms with Gasteiger partial charge in [0.05, 0.1) is 6.10 Å². The largest absolute Gasteiger partial charge is 0.388 e. The smallest absolute Gasteiger partial charge is 0.0792 e. The van der Waals surface area contributed by atoms with E-state index in [0.29, 0.717) is 0 Å². The lowest BCUT2D eigenvalue weighted by molar-refractivity contribution is 0.141. The zero-order chi connectivity index (χ0) is 11.4. The second kappa shape index (κ2) is 5.74. The molecule has 1 aliphatic heterocycles. The highest BCUT2D eigenvalue weighted by Crippen LogP contribution is 2.31. The molecule has 88 valence electrons. The molecule has 0 bridgehead atoms. The van der Waals surface area contributed by atoms with E-state index >= 15 is 0 Å². The molecule has 1 atom stereocenters. The number of hydrogen-bond acceptors (Lipinski definition) is 2. The highest BCUT2D eigenvalue weighted by molar-refractivity contribution is 7.99. The van der Waals surface area contributed by atoms with E-state index in [4.69, 9.17) is 0 Å². The predicted octanol–water partition coefficient (Wildman–Crippen LogP) is 3.56. The number of aliphatic hydroxyl groups excluding tert-OH is 1. The molecule has 0 saturated carbocycles. The van der Waals surface area contributed by atoms with Gasteiger partial charge in [0.25, 0.3) is 0 Å². The summed E-state index contributed by atoms with van der Waals surface area (Å²) in [6, 6.07) is 8.25. The molecule has 1 saturated heterocycles. The predicted molar refractivity (Wildman–Crippen MR) is 70.8 cm³/mol. The van der Waals surface area contributed by atoms with Crippen molar-refractivity contribution in [3.05, 3.63) is 35.4 Å². The van der Waals surface area contributed by atoms with Crippen molar-refractivity contribution in [3.63, 3.8) is 0 Å². The number of hydrogen-bond donors (Lipinski definition) is 1. The zero-order valence-electron chi connectivity index (χ0n) is 9.86. The van der Waals surface area contributed by atoms with E-state index in [1.807, 2.05) is 23.9 Å². The van der Waals surface area contributed by atoms with Gasteiger partial charge in [-0.2, -0.15) is 11.8 Å². The Balaban J connectivity index is 1.94. The third kappa shape index (κ3) is 3.26. The third-order valence-electron chi connectivity index (χ3n) is 3.32. The van der Waals surface area contributed by atoms with Gasteiger partial charge in [-0.15, -0.1) is 0 Å². The van der Waals surface area contributed by atoms with Crippen molar-refractivity contribution in [1.82, 2.24) is 0 Å². The van der Waals surface area contributed by atoms with Gasteiger partial charge in [-0.25, -0.2) is 0 Å². The average molecular weight is 236 g/mol. The topological polar surface area (TPSA) is 20.2 Å². The minimum absolute atomic E-state index is 0.270. The van der Waals surface area contributed by atoms with Gasteiger partial charge in [0.2, 0.25) is 0 Å². The normalized spacial score (nSPS) is 19.6. The molecule has 16 heavy (non-hydrogen) atoms. The van der Waals surface area contributed by atoms with Gasteiger partial charge >= 0.3 is 0 Å². The summed E-state index contributed by atoms with van der Waals surface area (Å²) >= 11 is 2.04. The molecular weight excluding hydrogens is 216 g/mol. The first-order valence-corrected chi connectivity index (χ1v) is 7.23. The van der Waals surface area contributed by atoms with Crippen molar-refractivity contribution in [2.45, 2.75) is 32.3 Å². The van der Waals surface area contributed by atoms with E-state index in [-0.39, 0.29) is 6.10 Å². The molecule has 0 aliphatic carbocycles. The maximum Gasteiger partial charge on any atom is 0.0792 e. The van der Waals surface area contributed by atoms with E-state index in [1.54, 1.807) is 0 Å². The van der Waals surface area contributed by atoms with Gasteiger partial charge in [0.15, 0.2) is 0 Å². The van der Waals surface area contributed by atoms with E-state index in [1.165, 1.54) is 29.9 Å². The minimum Gasteiger partial charge on any atom is -0.388 e. The molecule has 0 aromatic heterocycles. The average Bonchev–Trinajstić information content (AvgIpc) is 2.30. The van der Waals surface area contributed by atoms with Crippen LogP contribution in [0.1, 0.15) is 36.5 Å². The molecule has 1 aromatic rings. The van der Waals surface area contributed by atoms with Crippen molar-refractivity contribution in [3.8, 4) is 0 Å². The van der Waals surface area contributed by atoms with Crippen LogP contribution in [-0.2, 0) is 0 Å². The molecule has 2 heteroatoms. The van der Waals surface area contributed by atoms with Crippen LogP contribution in [-0.4, -0.2) is 16.6 Å². The first-order valence-electron chi connectivity index (χ1n) is 6.08. The van der Waals surface area contributed by atoms with E-state index in [0.717, 1.165) is 17.9 Å². The first kappa shape index (κ1) is 12.0. The number of benzene rings is 1. The number of aryl methyl sites for hydroxylation is 1. The first-order chi connectivity index (χ1) is 7.75. The molecule has 0 amide bonds. The standard InChI is InChI=1S/C14H20OS/c1-11-3-2-4-13(9-11)14(15)10-12-5-7-16-8-6-12/h2-4,9,12,14-15H,5-8,10H2,1H3. The Kier molecular flexibility index (Phi) is 4.30. The SMILES string of the molecule is Cc1cccc(C(O)CC2CCSCC2)c1. The lowest BCUT2D eigenvalue weighted by Crippen LogP contribution is -2.13. The van der Waals surface area contributed by atoms with E-state index in [2.05, 4.69) is 19.1 Å². The lowest BCUT2D eigenvalue weighted by Gasteiger charge is -2.24. The Labute approximate surface area is 102 Å². The summed E-state index contributed by atoms with van der Waals surface area (Å²) in [4.78, 5) is 0. The van der Waals surface area contributed by atoms with Crippen LogP contribution in [0.2, 0.25) is 0 Å². The van der Waals surface area contributed by atoms with Gasteiger partial charge in [0.1, 0.15) is 0 Å². The maximum atomic E-state index is 10.2. The Morgan fingerprint density at radius 3 is 2.81 bits per heavy atom. The van der Waals surface area contributed by atoms with E-state index < -0.39 is 0 Å². The minimum atomic E-state index is -0.270. The summed E-state index contributed by atoms with van der Waals surface area (Å²) < 4.78 is 0. The maximum absolute atomic E-state index is 10.2. The molecule has 0 radical (unpaired) electrons. The third-order valence-corrected chi connectivity index (χ3v) is 4.37. The molecule has 1 nitrogen and oxygen atoms in total. The molecule has 1 aliphatic rings. The Morgan fingerprint density at radius 1 is 1.38 bits per heavy atom. The highest BCUT2D eigenvalue weighted by Gasteiger charge is 2.18. The molecule has 1 fully saturated rings. The molecule has 1 N–H and O–H groups in total. The summed E-state index contributed by atoms with van der Waals surface area (Å²) in [5.41, 5.74) is 2.31. The summed E-state index contributed by atoms with van der Waals surface area (Å²) in [5, 5.41) is 10.2. The fourth-order valence-electron chi connectivity index (χ4n) is 2.31. The van der Waals surface area contributed by atoms with Crippen molar-refractivity contribution < 1.29 is 5.11 Å². The van der Waals surface area contributed by atoms with Gasteiger partial charge in [0, 0.05) is 0 Å². The van der Waals surface area contributed by atoms with Crippen LogP contribution in [0.15, 0.2) is 24.3 Å². The second-order valence-electron chi connectivity index (χ2n) is 4.72. The zero-order valence-corrected chi connectivity index (χ0v) is 10.7. The molecule has 2 rings (SSSR count). The van der Waals surface area contributed by atoms with Crippen LogP contribution in [0.4, 0.5) is 0 Å². The summed E-state index contributed by atoms with van der Waals surface area (Å²) in [5.74, 6) is 3.26. The van der Waals surface area contributed by atoms with Gasteiger partial charge in [-0.1, -0.05) is 29.8 Å². The van der Waals surface area contributed by atoms with Crippen LogP contribution in [0, 0.1) is 12.8 Å². The summed E-state index contributed by atoms with van der Waals surface area (Å²) in [6.07, 6.45) is 3.21. The van der Waals surface area contributed by atoms with Crippen LogP contribution in [0.5, 0.6) is 0 Å². The summed E-state index contributed by atoms with van der Waals surface area (Å²) in [7, 11) is 0. The monoisotopic (exact) mass is 236 g/mol. The lowest BCUT2D eigenvalue weighted by atomic mass is 9.92. The Morgan fingerprint density at radius 2 is 2.12 bits per heavy atom. The van der Waals surface area contributed by atoms with Crippen molar-refractivity contribution in [2.24, 2.45) is 5.92 Å². The number of thioether (sulfide) groups is 1. The van der Waals surface area contributed by atoms with Crippen molar-refractivity contribution >= 4 is 11.8 Å². The molecule has 1 heterocycles. The molecular formula is C14H20OS. The fraction of sp³-hybridized carbons (Fsp3) is 0.571. The van der Waals surface area contributed by atoms with Crippen molar-refractivity contribution in [2.75, 3.05) is 11.5 Å². The second-order valence-corrected chi connectivity index (χ2v) is 5.95. The van der Waals surface area contributed by atoms with E-state index in [9.17, 15) is 5.11 Å². The van der Waals surface area contributed by atoms with Crippen LogP contribution in [0.25, 0.3) is 0 Å². The number of aliphatic hydroxyl groups is 1. The molecule has 1 aromatic carbocycles. The van der Waals surface area contributed by atoms with Gasteiger partial charge < -0.3 is 5.11 Å². The highest BCUT2D eigenvalue weighted by atomic mass is 32.2. The molecule has 1 unspecified atom stereocenters. The number of rotatable bonds is 3. The fourth-order valence-corrected chi connectivity index (χ4v) is 3.52. The van der Waals surface area contributed by atoms with Gasteiger partial charge in [-0.3, -0.25) is 0 Å². The van der Waals surface area contributed by atoms with Crippen molar-refractivity contribution in [1.29, 1.82) is 0 Å². The van der Waals surface area contributed by atoms with Crippen LogP contribution < -0.4 is 0 Å². The molecule has 0 spiro atoms. The summed E-state index contributed by atoms with van der Waals surface area (Å²) in [6.45, 7) is 2.08. The van der Waals surface area contributed by atoms with Crippen LogP contribution in [0.3, 0.4) is 0 Å². The van der Waals surface area contributed by atoms with Crippen LogP contribution >= 0.6 is 11.8 Å². The Hall–Kier alpha value is -0.470. The van der Waals surface area contributed by atoms with Gasteiger partial charge in [-0.05, 0) is 49.2 Å². The Bertz CT molecular complexity index is 331. The quantitative estimate of drug-likeness (QED) is 0.866.